The number of rotatable bonds is 8. The molecule has 1 heterocycles. The molecule has 1 unspecified atom stereocenters. The third kappa shape index (κ3) is 8.29. The van der Waals surface area contributed by atoms with E-state index in [1.165, 1.54) is 22.9 Å². The molecule has 0 amide bonds. The zero-order valence-corrected chi connectivity index (χ0v) is 25.7. The SMILES string of the molecule is Br.Cc1cc(Br)cc(C)c1N1CCCC(NC(=NCCNS(=O)(=O)c2ccc(Cl)cc2F)NC2CC2)C1. The number of aliphatic imine (C=N–C) groups is 1. The second kappa shape index (κ2) is 13.1. The van der Waals surface area contributed by atoms with Crippen LogP contribution in [0.25, 0.3) is 0 Å². The van der Waals surface area contributed by atoms with Crippen molar-refractivity contribution >= 4 is 66.2 Å². The molecule has 204 valence electrons. The number of hydrogen-bond donors (Lipinski definition) is 3. The summed E-state index contributed by atoms with van der Waals surface area (Å²) in [6, 6.07) is 8.41. The van der Waals surface area contributed by atoms with Crippen LogP contribution in [-0.2, 0) is 10.0 Å². The van der Waals surface area contributed by atoms with E-state index in [4.69, 9.17) is 11.6 Å². The van der Waals surface area contributed by atoms with Gasteiger partial charge >= 0.3 is 0 Å². The Morgan fingerprint density at radius 1 is 1.14 bits per heavy atom. The first-order valence-electron chi connectivity index (χ1n) is 12.2. The van der Waals surface area contributed by atoms with Gasteiger partial charge in [0.25, 0.3) is 0 Å². The fraction of sp³-hybridized carbons (Fsp3) is 0.480. The van der Waals surface area contributed by atoms with Gasteiger partial charge in [-0.2, -0.15) is 0 Å². The molecule has 2 aliphatic rings. The fourth-order valence-corrected chi connectivity index (χ4v) is 6.49. The summed E-state index contributed by atoms with van der Waals surface area (Å²) in [5, 5.41) is 7.13. The Bertz CT molecular complexity index is 1220. The number of guanidine groups is 1. The molecule has 4 rings (SSSR count). The highest BCUT2D eigenvalue weighted by molar-refractivity contribution is 9.10. The van der Waals surface area contributed by atoms with Crippen molar-refractivity contribution in [3.05, 3.63) is 56.8 Å². The smallest absolute Gasteiger partial charge is 0.243 e. The highest BCUT2D eigenvalue weighted by atomic mass is 79.9. The average Bonchev–Trinajstić information content (AvgIpc) is 3.60. The second-order valence-electron chi connectivity index (χ2n) is 9.44. The minimum atomic E-state index is -4.00. The Morgan fingerprint density at radius 2 is 1.81 bits per heavy atom. The standard InChI is InChI=1S/C25H32BrClFN5O2S.BrH/c1-16-12-18(26)13-17(2)24(16)33-11-3-4-21(15-33)32-25(31-20-6-7-20)29-9-10-30-36(34,35)23-8-5-19(27)14-22(23)28;/h5,8,12-14,20-21,30H,3-4,6-7,9-11,15H2,1-2H3,(H2,29,31,32);1H. The minimum Gasteiger partial charge on any atom is -0.369 e. The van der Waals surface area contributed by atoms with Crippen LogP contribution in [0.15, 0.2) is 44.7 Å². The highest BCUT2D eigenvalue weighted by Gasteiger charge is 2.26. The van der Waals surface area contributed by atoms with Crippen molar-refractivity contribution in [2.75, 3.05) is 31.1 Å². The van der Waals surface area contributed by atoms with Crippen LogP contribution in [0, 0.1) is 19.7 Å². The van der Waals surface area contributed by atoms with Gasteiger partial charge in [0.05, 0.1) is 6.54 Å². The lowest BCUT2D eigenvalue weighted by Gasteiger charge is -2.37. The van der Waals surface area contributed by atoms with Gasteiger partial charge in [0.2, 0.25) is 10.0 Å². The number of nitrogens with zero attached hydrogens (tertiary/aromatic N) is 2. The maximum atomic E-state index is 14.1. The van der Waals surface area contributed by atoms with Gasteiger partial charge in [0, 0.05) is 46.9 Å². The van der Waals surface area contributed by atoms with Crippen LogP contribution < -0.4 is 20.3 Å². The summed E-state index contributed by atoms with van der Waals surface area (Å²) in [5.74, 6) is -0.195. The third-order valence-electron chi connectivity index (χ3n) is 6.31. The van der Waals surface area contributed by atoms with Crippen LogP contribution in [0.2, 0.25) is 5.02 Å². The van der Waals surface area contributed by atoms with Crippen LogP contribution in [0.3, 0.4) is 0 Å². The van der Waals surface area contributed by atoms with Gasteiger partial charge in [-0.15, -0.1) is 17.0 Å². The van der Waals surface area contributed by atoms with Crippen LogP contribution in [-0.4, -0.2) is 52.6 Å². The average molecular weight is 682 g/mol. The molecule has 0 bridgehead atoms. The lowest BCUT2D eigenvalue weighted by atomic mass is 10.0. The number of anilines is 1. The van der Waals surface area contributed by atoms with E-state index in [0.717, 1.165) is 55.4 Å². The molecule has 0 radical (unpaired) electrons. The molecule has 0 spiro atoms. The van der Waals surface area contributed by atoms with Gasteiger partial charge < -0.3 is 15.5 Å². The number of aryl methyl sites for hydroxylation is 2. The van der Waals surface area contributed by atoms with E-state index < -0.39 is 20.7 Å². The van der Waals surface area contributed by atoms with Gasteiger partial charge in [0.15, 0.2) is 5.96 Å². The molecule has 0 aromatic heterocycles. The zero-order valence-electron chi connectivity index (χ0n) is 20.9. The van der Waals surface area contributed by atoms with E-state index in [0.29, 0.717) is 12.0 Å². The van der Waals surface area contributed by atoms with E-state index in [9.17, 15) is 12.8 Å². The number of nitrogens with one attached hydrogen (secondary N) is 3. The second-order valence-corrected chi connectivity index (χ2v) is 12.5. The Labute approximate surface area is 242 Å². The normalized spacial score (nSPS) is 18.4. The quantitative estimate of drug-likeness (QED) is 0.206. The van der Waals surface area contributed by atoms with Crippen molar-refractivity contribution in [1.29, 1.82) is 0 Å². The summed E-state index contributed by atoms with van der Waals surface area (Å²) >= 11 is 9.31. The Kier molecular flexibility index (Phi) is 10.7. The van der Waals surface area contributed by atoms with Crippen LogP contribution in [0.4, 0.5) is 10.1 Å². The summed E-state index contributed by atoms with van der Waals surface area (Å²) in [6.07, 6.45) is 4.28. The van der Waals surface area contributed by atoms with Gasteiger partial charge in [0.1, 0.15) is 10.7 Å². The maximum Gasteiger partial charge on any atom is 0.243 e. The van der Waals surface area contributed by atoms with E-state index in [2.05, 4.69) is 67.2 Å². The van der Waals surface area contributed by atoms with Gasteiger partial charge in [-0.1, -0.05) is 27.5 Å². The first-order valence-corrected chi connectivity index (χ1v) is 14.8. The summed E-state index contributed by atoms with van der Waals surface area (Å²) in [4.78, 5) is 6.61. The molecular formula is C25H33Br2ClFN5O2S. The van der Waals surface area contributed by atoms with Crippen molar-refractivity contribution in [1.82, 2.24) is 15.4 Å². The number of sulfonamides is 1. The van der Waals surface area contributed by atoms with E-state index in [1.54, 1.807) is 0 Å². The monoisotopic (exact) mass is 679 g/mol. The molecule has 12 heteroatoms. The number of benzene rings is 2. The molecule has 7 nitrogen and oxygen atoms in total. The lowest BCUT2D eigenvalue weighted by Crippen LogP contribution is -2.52. The molecule has 1 saturated carbocycles. The molecule has 2 aromatic carbocycles. The minimum absolute atomic E-state index is 0. The van der Waals surface area contributed by atoms with Crippen LogP contribution in [0.5, 0.6) is 0 Å². The fourth-order valence-electron chi connectivity index (χ4n) is 4.57. The van der Waals surface area contributed by atoms with Crippen LogP contribution in [0.1, 0.15) is 36.8 Å². The van der Waals surface area contributed by atoms with E-state index >= 15 is 0 Å². The summed E-state index contributed by atoms with van der Waals surface area (Å²) in [7, 11) is -4.00. The number of hydrogen-bond acceptors (Lipinski definition) is 4. The molecule has 1 saturated heterocycles. The van der Waals surface area contributed by atoms with Gasteiger partial charge in [-0.25, -0.2) is 17.5 Å². The van der Waals surface area contributed by atoms with Crippen molar-refractivity contribution in [2.24, 2.45) is 4.99 Å². The first-order chi connectivity index (χ1) is 17.1. The molecule has 1 aliphatic carbocycles. The van der Waals surface area contributed by atoms with Gasteiger partial charge in [-0.3, -0.25) is 4.99 Å². The summed E-state index contributed by atoms with van der Waals surface area (Å²) in [5.41, 5.74) is 3.77. The molecule has 1 aliphatic heterocycles. The summed E-state index contributed by atoms with van der Waals surface area (Å²) < 4.78 is 42.5. The molecule has 2 aromatic rings. The first kappa shape index (κ1) is 30.1. The molecular weight excluding hydrogens is 649 g/mol. The predicted octanol–water partition coefficient (Wildman–Crippen LogP) is 5.08. The van der Waals surface area contributed by atoms with Crippen molar-refractivity contribution in [2.45, 2.75) is 56.5 Å². The summed E-state index contributed by atoms with van der Waals surface area (Å²) in [6.45, 7) is 6.42. The third-order valence-corrected chi connectivity index (χ3v) is 8.50. The van der Waals surface area contributed by atoms with Crippen molar-refractivity contribution < 1.29 is 12.8 Å². The van der Waals surface area contributed by atoms with E-state index in [1.807, 2.05) is 0 Å². The highest BCUT2D eigenvalue weighted by Crippen LogP contribution is 2.30. The maximum absolute atomic E-state index is 14.1. The Morgan fingerprint density at radius 3 is 2.46 bits per heavy atom. The molecule has 2 fully saturated rings. The number of halogens is 4. The molecule has 37 heavy (non-hydrogen) atoms. The Balaban J connectivity index is 0.00000380. The van der Waals surface area contributed by atoms with Crippen molar-refractivity contribution in [3.8, 4) is 0 Å². The Hall–Kier alpha value is -1.40. The lowest BCUT2D eigenvalue weighted by molar-refractivity contribution is 0.466. The van der Waals surface area contributed by atoms with Crippen molar-refractivity contribution in [3.63, 3.8) is 0 Å². The van der Waals surface area contributed by atoms with Crippen LogP contribution >= 0.6 is 44.5 Å². The predicted molar refractivity (Wildman–Crippen MR) is 157 cm³/mol. The van der Waals surface area contributed by atoms with Gasteiger partial charge in [-0.05, 0) is 81.0 Å². The zero-order chi connectivity index (χ0) is 25.9. The molecule has 1 atom stereocenters. The van der Waals surface area contributed by atoms with E-state index in [-0.39, 0.29) is 41.1 Å². The topological polar surface area (TPSA) is 85.8 Å². The largest absolute Gasteiger partial charge is 0.369 e. The number of piperidine rings is 1. The molecule has 3 N–H and O–H groups in total.